The van der Waals surface area contributed by atoms with E-state index >= 15 is 0 Å². The van der Waals surface area contributed by atoms with Crippen molar-refractivity contribution in [3.05, 3.63) is 35.4 Å². The molecule has 1 rings (SSSR count). The summed E-state index contributed by atoms with van der Waals surface area (Å²) in [6.07, 6.45) is -5.74. The number of carbonyl (C=O) groups is 3. The number of hydrogen-bond donors (Lipinski definition) is 3. The van der Waals surface area contributed by atoms with Gasteiger partial charge in [0.05, 0.1) is 17.5 Å². The maximum absolute atomic E-state index is 12.7. The SMILES string of the molecule is O=C(O)C[C@H](NC(=O)c1ccccc1C(F)(F)F)C(=O)O. The molecule has 0 aliphatic rings. The lowest BCUT2D eigenvalue weighted by Crippen LogP contribution is -2.42. The zero-order valence-electron chi connectivity index (χ0n) is 10.3. The summed E-state index contributed by atoms with van der Waals surface area (Å²) >= 11 is 0. The van der Waals surface area contributed by atoms with Gasteiger partial charge < -0.3 is 15.5 Å². The lowest BCUT2D eigenvalue weighted by atomic mass is 10.1. The van der Waals surface area contributed by atoms with E-state index in [9.17, 15) is 27.6 Å². The van der Waals surface area contributed by atoms with Crippen LogP contribution in [-0.4, -0.2) is 34.1 Å². The highest BCUT2D eigenvalue weighted by Gasteiger charge is 2.35. The standard InChI is InChI=1S/C12H10F3NO5/c13-12(14,15)7-4-2-1-3-6(7)10(19)16-8(11(20)21)5-9(17)18/h1-4,8H,5H2,(H,16,19)(H,17,18)(H,20,21)/t8-/m0/s1. The molecule has 0 fully saturated rings. The predicted octanol–water partition coefficient (Wildman–Crippen LogP) is 1.36. The lowest BCUT2D eigenvalue weighted by Gasteiger charge is -2.15. The molecule has 0 aliphatic carbocycles. The smallest absolute Gasteiger partial charge is 0.417 e. The monoisotopic (exact) mass is 305 g/mol. The van der Waals surface area contributed by atoms with E-state index in [4.69, 9.17) is 10.2 Å². The normalized spacial score (nSPS) is 12.5. The Morgan fingerprint density at radius 1 is 1.14 bits per heavy atom. The Labute approximate surface area is 116 Å². The summed E-state index contributed by atoms with van der Waals surface area (Å²) in [4.78, 5) is 33.0. The summed E-state index contributed by atoms with van der Waals surface area (Å²) in [5.41, 5.74) is -2.01. The van der Waals surface area contributed by atoms with Crippen LogP contribution in [0.25, 0.3) is 0 Å². The fourth-order valence-electron chi connectivity index (χ4n) is 1.54. The number of benzene rings is 1. The second-order valence-corrected chi connectivity index (χ2v) is 4.01. The van der Waals surface area contributed by atoms with Crippen molar-refractivity contribution in [1.29, 1.82) is 0 Å². The summed E-state index contributed by atoms with van der Waals surface area (Å²) in [6.45, 7) is 0. The summed E-state index contributed by atoms with van der Waals surface area (Å²) in [6, 6.07) is 1.97. The molecular weight excluding hydrogens is 295 g/mol. The van der Waals surface area contributed by atoms with Gasteiger partial charge in [-0.1, -0.05) is 12.1 Å². The molecule has 21 heavy (non-hydrogen) atoms. The average molecular weight is 305 g/mol. The number of carboxylic acid groups (broad SMARTS) is 2. The molecule has 0 saturated heterocycles. The third kappa shape index (κ3) is 4.48. The molecule has 0 radical (unpaired) electrons. The zero-order valence-corrected chi connectivity index (χ0v) is 10.3. The van der Waals surface area contributed by atoms with Gasteiger partial charge in [0.25, 0.3) is 5.91 Å². The van der Waals surface area contributed by atoms with Crippen molar-refractivity contribution in [3.63, 3.8) is 0 Å². The number of aliphatic carboxylic acids is 2. The first kappa shape index (κ1) is 16.5. The van der Waals surface area contributed by atoms with Crippen molar-refractivity contribution >= 4 is 17.8 Å². The van der Waals surface area contributed by atoms with Crippen LogP contribution in [0.15, 0.2) is 24.3 Å². The van der Waals surface area contributed by atoms with E-state index in [1.807, 2.05) is 0 Å². The van der Waals surface area contributed by atoms with E-state index in [2.05, 4.69) is 0 Å². The maximum atomic E-state index is 12.7. The van der Waals surface area contributed by atoms with Crippen LogP contribution in [0.4, 0.5) is 13.2 Å². The summed E-state index contributed by atoms with van der Waals surface area (Å²) < 4.78 is 38.2. The molecule has 0 saturated carbocycles. The van der Waals surface area contributed by atoms with Crippen molar-refractivity contribution < 1.29 is 37.8 Å². The first-order valence-corrected chi connectivity index (χ1v) is 5.54. The van der Waals surface area contributed by atoms with Gasteiger partial charge in [0.2, 0.25) is 0 Å². The van der Waals surface area contributed by atoms with E-state index < -0.39 is 47.6 Å². The van der Waals surface area contributed by atoms with Gasteiger partial charge in [0.1, 0.15) is 6.04 Å². The fourth-order valence-corrected chi connectivity index (χ4v) is 1.54. The first-order chi connectivity index (χ1) is 9.62. The second-order valence-electron chi connectivity index (χ2n) is 4.01. The topological polar surface area (TPSA) is 104 Å². The van der Waals surface area contributed by atoms with Gasteiger partial charge in [-0.3, -0.25) is 9.59 Å². The molecule has 1 atom stereocenters. The van der Waals surface area contributed by atoms with Gasteiger partial charge in [0, 0.05) is 0 Å². The Kier molecular flexibility index (Phi) is 4.90. The van der Waals surface area contributed by atoms with Crippen LogP contribution < -0.4 is 5.32 Å². The number of hydrogen-bond acceptors (Lipinski definition) is 3. The molecule has 1 aromatic rings. The van der Waals surface area contributed by atoms with Gasteiger partial charge in [0.15, 0.2) is 0 Å². The molecule has 1 aromatic carbocycles. The molecular formula is C12H10F3NO5. The minimum absolute atomic E-state index is 0.669. The van der Waals surface area contributed by atoms with E-state index in [0.29, 0.717) is 6.07 Å². The number of carbonyl (C=O) groups excluding carboxylic acids is 1. The molecule has 9 heteroatoms. The average Bonchev–Trinajstić information content (AvgIpc) is 2.36. The van der Waals surface area contributed by atoms with Crippen molar-refractivity contribution in [2.24, 2.45) is 0 Å². The Bertz CT molecular complexity index is 570. The largest absolute Gasteiger partial charge is 0.481 e. The maximum Gasteiger partial charge on any atom is 0.417 e. The van der Waals surface area contributed by atoms with Crippen LogP contribution in [0, 0.1) is 0 Å². The Morgan fingerprint density at radius 3 is 2.19 bits per heavy atom. The van der Waals surface area contributed by atoms with Crippen LogP contribution >= 0.6 is 0 Å². The van der Waals surface area contributed by atoms with Crippen LogP contribution in [0.1, 0.15) is 22.3 Å². The molecule has 1 amide bonds. The van der Waals surface area contributed by atoms with Crippen LogP contribution in [0.5, 0.6) is 0 Å². The molecule has 0 aliphatic heterocycles. The van der Waals surface area contributed by atoms with Gasteiger partial charge in [-0.2, -0.15) is 13.2 Å². The van der Waals surface area contributed by atoms with Crippen molar-refractivity contribution in [3.8, 4) is 0 Å². The number of alkyl halides is 3. The number of halogens is 3. The van der Waals surface area contributed by atoms with Gasteiger partial charge in [-0.05, 0) is 12.1 Å². The van der Waals surface area contributed by atoms with E-state index in [-0.39, 0.29) is 0 Å². The highest BCUT2D eigenvalue weighted by Crippen LogP contribution is 2.31. The van der Waals surface area contributed by atoms with Gasteiger partial charge in [-0.25, -0.2) is 4.79 Å². The van der Waals surface area contributed by atoms with Crippen LogP contribution in [0.3, 0.4) is 0 Å². The quantitative estimate of drug-likeness (QED) is 0.762. The van der Waals surface area contributed by atoms with E-state index in [1.54, 1.807) is 5.32 Å². The van der Waals surface area contributed by atoms with Gasteiger partial charge >= 0.3 is 18.1 Å². The van der Waals surface area contributed by atoms with Crippen molar-refractivity contribution in [2.45, 2.75) is 18.6 Å². The molecule has 114 valence electrons. The van der Waals surface area contributed by atoms with Crippen LogP contribution in [0.2, 0.25) is 0 Å². The van der Waals surface area contributed by atoms with Crippen molar-refractivity contribution in [2.75, 3.05) is 0 Å². The minimum Gasteiger partial charge on any atom is -0.481 e. The first-order valence-electron chi connectivity index (χ1n) is 5.54. The number of amides is 1. The van der Waals surface area contributed by atoms with Crippen LogP contribution in [-0.2, 0) is 15.8 Å². The summed E-state index contributed by atoms with van der Waals surface area (Å²) in [7, 11) is 0. The molecule has 0 heterocycles. The Morgan fingerprint density at radius 2 is 1.71 bits per heavy atom. The van der Waals surface area contributed by atoms with E-state index in [0.717, 1.165) is 12.1 Å². The number of carboxylic acids is 2. The summed E-state index contributed by atoms with van der Waals surface area (Å²) in [5, 5.41) is 19.0. The predicted molar refractivity (Wildman–Crippen MR) is 62.6 cm³/mol. The molecule has 0 aromatic heterocycles. The molecule has 0 unspecified atom stereocenters. The summed E-state index contributed by atoms with van der Waals surface area (Å²) in [5.74, 6) is -4.47. The minimum atomic E-state index is -4.79. The third-order valence-corrected chi connectivity index (χ3v) is 2.46. The Balaban J connectivity index is 3.04. The second kappa shape index (κ2) is 6.25. The number of nitrogens with one attached hydrogen (secondary N) is 1. The molecule has 0 bridgehead atoms. The van der Waals surface area contributed by atoms with Gasteiger partial charge in [-0.15, -0.1) is 0 Å². The van der Waals surface area contributed by atoms with Crippen molar-refractivity contribution in [1.82, 2.24) is 5.32 Å². The highest BCUT2D eigenvalue weighted by atomic mass is 19.4. The highest BCUT2D eigenvalue weighted by molar-refractivity contribution is 5.98. The fraction of sp³-hybridized carbons (Fsp3) is 0.250. The molecule has 3 N–H and O–H groups in total. The lowest BCUT2D eigenvalue weighted by molar-refractivity contribution is -0.145. The molecule has 6 nitrogen and oxygen atoms in total. The zero-order chi connectivity index (χ0) is 16.2. The third-order valence-electron chi connectivity index (χ3n) is 2.46. The molecule has 0 spiro atoms. The van der Waals surface area contributed by atoms with E-state index in [1.165, 1.54) is 6.07 Å². The Hall–Kier alpha value is -2.58. The number of rotatable bonds is 5.